The Bertz CT molecular complexity index is 867. The van der Waals surface area contributed by atoms with Crippen LogP contribution in [-0.4, -0.2) is 38.3 Å². The molecule has 1 fully saturated rings. The molecule has 1 unspecified atom stereocenters. The first kappa shape index (κ1) is 17.5. The number of carbonyl (C=O) groups is 1. The van der Waals surface area contributed by atoms with E-state index in [1.54, 1.807) is 12.1 Å². The van der Waals surface area contributed by atoms with Crippen molar-refractivity contribution in [3.8, 4) is 0 Å². The quantitative estimate of drug-likeness (QED) is 0.894. The summed E-state index contributed by atoms with van der Waals surface area (Å²) in [5.74, 6) is -0.981. The van der Waals surface area contributed by atoms with Crippen molar-refractivity contribution in [2.45, 2.75) is 11.0 Å². The first-order valence-electron chi connectivity index (χ1n) is 7.65. The SMILES string of the molecule is NC(=O)c1ccc(S(=O)(=O)N2CCOC(c3ccc(F)cc3)C2)cc1. The monoisotopic (exact) mass is 364 g/mol. The standard InChI is InChI=1S/C17H17FN2O4S/c18-14-5-1-12(2-6-14)16-11-20(9-10-24-16)25(22,23)15-7-3-13(4-8-15)17(19)21/h1-8,16H,9-11H2,(H2,19,21). The average molecular weight is 364 g/mol. The fourth-order valence-corrected chi connectivity index (χ4v) is 4.09. The van der Waals surface area contributed by atoms with Crippen LogP contribution in [0.1, 0.15) is 22.0 Å². The van der Waals surface area contributed by atoms with Crippen molar-refractivity contribution in [3.05, 3.63) is 65.5 Å². The lowest BCUT2D eigenvalue weighted by atomic mass is 10.1. The van der Waals surface area contributed by atoms with E-state index in [1.807, 2.05) is 0 Å². The van der Waals surface area contributed by atoms with Crippen LogP contribution < -0.4 is 5.73 Å². The third-order valence-corrected chi connectivity index (χ3v) is 5.93. The van der Waals surface area contributed by atoms with E-state index in [0.29, 0.717) is 5.56 Å². The lowest BCUT2D eigenvalue weighted by Crippen LogP contribution is -2.42. The topological polar surface area (TPSA) is 89.7 Å². The van der Waals surface area contributed by atoms with Gasteiger partial charge in [0.1, 0.15) is 5.82 Å². The van der Waals surface area contributed by atoms with Gasteiger partial charge in [0.15, 0.2) is 0 Å². The predicted octanol–water partition coefficient (Wildman–Crippen LogP) is 1.69. The van der Waals surface area contributed by atoms with Gasteiger partial charge in [0.25, 0.3) is 0 Å². The smallest absolute Gasteiger partial charge is 0.248 e. The summed E-state index contributed by atoms with van der Waals surface area (Å²) < 4.78 is 45.6. The number of amides is 1. The molecule has 6 nitrogen and oxygen atoms in total. The molecule has 0 bridgehead atoms. The van der Waals surface area contributed by atoms with Crippen LogP contribution in [-0.2, 0) is 14.8 Å². The highest BCUT2D eigenvalue weighted by Crippen LogP contribution is 2.26. The van der Waals surface area contributed by atoms with Gasteiger partial charge in [-0.15, -0.1) is 0 Å². The zero-order chi connectivity index (χ0) is 18.0. The number of rotatable bonds is 4. The number of hydrogen-bond donors (Lipinski definition) is 1. The summed E-state index contributed by atoms with van der Waals surface area (Å²) in [7, 11) is -3.73. The molecule has 0 aromatic heterocycles. The number of carbonyl (C=O) groups excluding carboxylic acids is 1. The molecule has 3 rings (SSSR count). The summed E-state index contributed by atoms with van der Waals surface area (Å²) in [5, 5.41) is 0. The van der Waals surface area contributed by atoms with Gasteiger partial charge in [-0.3, -0.25) is 4.79 Å². The Morgan fingerprint density at radius 3 is 2.36 bits per heavy atom. The van der Waals surface area contributed by atoms with Gasteiger partial charge in [0, 0.05) is 18.7 Å². The van der Waals surface area contributed by atoms with Crippen LogP contribution in [0.3, 0.4) is 0 Å². The molecule has 1 aliphatic rings. The molecular formula is C17H17FN2O4S. The van der Waals surface area contributed by atoms with E-state index in [-0.39, 0.29) is 36.0 Å². The van der Waals surface area contributed by atoms with Gasteiger partial charge in [0.05, 0.1) is 17.6 Å². The van der Waals surface area contributed by atoms with Crippen LogP contribution in [0.15, 0.2) is 53.4 Å². The number of morpholine rings is 1. The molecule has 0 saturated carbocycles. The van der Waals surface area contributed by atoms with Gasteiger partial charge in [-0.25, -0.2) is 12.8 Å². The third kappa shape index (κ3) is 3.71. The minimum Gasteiger partial charge on any atom is -0.371 e. The highest BCUT2D eigenvalue weighted by Gasteiger charge is 2.31. The van der Waals surface area contributed by atoms with Crippen molar-refractivity contribution < 1.29 is 22.3 Å². The molecule has 0 aliphatic carbocycles. The molecule has 1 heterocycles. The predicted molar refractivity (Wildman–Crippen MR) is 88.8 cm³/mol. The van der Waals surface area contributed by atoms with Gasteiger partial charge in [-0.2, -0.15) is 4.31 Å². The van der Waals surface area contributed by atoms with E-state index in [0.717, 1.165) is 0 Å². The summed E-state index contributed by atoms with van der Waals surface area (Å²) >= 11 is 0. The van der Waals surface area contributed by atoms with E-state index >= 15 is 0 Å². The van der Waals surface area contributed by atoms with Crippen molar-refractivity contribution in [2.24, 2.45) is 5.73 Å². The summed E-state index contributed by atoms with van der Waals surface area (Å²) in [6, 6.07) is 11.3. The van der Waals surface area contributed by atoms with Crippen molar-refractivity contribution >= 4 is 15.9 Å². The second-order valence-corrected chi connectivity index (χ2v) is 7.60. The third-order valence-electron chi connectivity index (χ3n) is 4.05. The average Bonchev–Trinajstić information content (AvgIpc) is 2.62. The molecule has 2 N–H and O–H groups in total. The number of hydrogen-bond acceptors (Lipinski definition) is 4. The minimum absolute atomic E-state index is 0.0808. The van der Waals surface area contributed by atoms with Crippen LogP contribution in [0.2, 0.25) is 0 Å². The van der Waals surface area contributed by atoms with Crippen LogP contribution in [0.5, 0.6) is 0 Å². The number of nitrogens with zero attached hydrogens (tertiary/aromatic N) is 1. The molecule has 0 spiro atoms. The van der Waals surface area contributed by atoms with Gasteiger partial charge < -0.3 is 10.5 Å². The number of nitrogens with two attached hydrogens (primary N) is 1. The summed E-state index contributed by atoms with van der Waals surface area (Å²) in [6.07, 6.45) is -0.464. The molecule has 1 saturated heterocycles. The first-order chi connectivity index (χ1) is 11.9. The zero-order valence-electron chi connectivity index (χ0n) is 13.3. The largest absolute Gasteiger partial charge is 0.371 e. The van der Waals surface area contributed by atoms with E-state index in [1.165, 1.54) is 40.7 Å². The van der Waals surface area contributed by atoms with E-state index < -0.39 is 22.0 Å². The van der Waals surface area contributed by atoms with Crippen LogP contribution >= 0.6 is 0 Å². The summed E-state index contributed by atoms with van der Waals surface area (Å²) in [4.78, 5) is 11.2. The molecule has 1 amide bonds. The van der Waals surface area contributed by atoms with Gasteiger partial charge in [-0.1, -0.05) is 12.1 Å². The van der Waals surface area contributed by atoms with E-state index in [2.05, 4.69) is 0 Å². The number of sulfonamides is 1. The minimum atomic E-state index is -3.73. The number of halogens is 1. The fraction of sp³-hybridized carbons (Fsp3) is 0.235. The first-order valence-corrected chi connectivity index (χ1v) is 9.09. The van der Waals surface area contributed by atoms with Crippen LogP contribution in [0, 0.1) is 5.82 Å². The Kier molecular flexibility index (Phi) is 4.85. The van der Waals surface area contributed by atoms with Gasteiger partial charge in [-0.05, 0) is 42.0 Å². The highest BCUT2D eigenvalue weighted by atomic mass is 32.2. The molecule has 1 aliphatic heterocycles. The molecule has 25 heavy (non-hydrogen) atoms. The Morgan fingerprint density at radius 1 is 1.12 bits per heavy atom. The molecule has 0 radical (unpaired) electrons. The molecule has 2 aromatic carbocycles. The van der Waals surface area contributed by atoms with Gasteiger partial charge >= 0.3 is 0 Å². The Morgan fingerprint density at radius 2 is 1.76 bits per heavy atom. The molecule has 2 aromatic rings. The fourth-order valence-electron chi connectivity index (χ4n) is 2.66. The zero-order valence-corrected chi connectivity index (χ0v) is 14.1. The maximum atomic E-state index is 13.1. The van der Waals surface area contributed by atoms with Crippen molar-refractivity contribution in [2.75, 3.05) is 19.7 Å². The summed E-state index contributed by atoms with van der Waals surface area (Å²) in [6.45, 7) is 0.587. The molecule has 132 valence electrons. The van der Waals surface area contributed by atoms with Crippen LogP contribution in [0.4, 0.5) is 4.39 Å². The molecule has 8 heteroatoms. The maximum absolute atomic E-state index is 13.1. The second-order valence-electron chi connectivity index (χ2n) is 5.66. The molecule has 1 atom stereocenters. The summed E-state index contributed by atoms with van der Waals surface area (Å²) in [5.41, 5.74) is 6.12. The normalized spacial score (nSPS) is 18.8. The van der Waals surface area contributed by atoms with E-state index in [9.17, 15) is 17.6 Å². The lowest BCUT2D eigenvalue weighted by molar-refractivity contribution is -0.00258. The highest BCUT2D eigenvalue weighted by molar-refractivity contribution is 7.89. The van der Waals surface area contributed by atoms with Crippen LogP contribution in [0.25, 0.3) is 0 Å². The van der Waals surface area contributed by atoms with Crippen molar-refractivity contribution in [1.82, 2.24) is 4.31 Å². The Labute approximate surface area is 145 Å². The second kappa shape index (κ2) is 6.91. The van der Waals surface area contributed by atoms with Gasteiger partial charge in [0.2, 0.25) is 15.9 Å². The van der Waals surface area contributed by atoms with E-state index in [4.69, 9.17) is 10.5 Å². The van der Waals surface area contributed by atoms with Crippen molar-refractivity contribution in [1.29, 1.82) is 0 Å². The lowest BCUT2D eigenvalue weighted by Gasteiger charge is -2.32. The maximum Gasteiger partial charge on any atom is 0.248 e. The van der Waals surface area contributed by atoms with Crippen molar-refractivity contribution in [3.63, 3.8) is 0 Å². The molecular weight excluding hydrogens is 347 g/mol. The Balaban J connectivity index is 1.81. The number of ether oxygens (including phenoxy) is 1. The Hall–Kier alpha value is -2.29. The number of benzene rings is 2. The number of primary amides is 1.